The van der Waals surface area contributed by atoms with Crippen LogP contribution in [0.15, 0.2) is 47.2 Å². The van der Waals surface area contributed by atoms with Crippen molar-refractivity contribution in [3.8, 4) is 15.6 Å². The molecule has 1 aromatic carbocycles. The molecule has 1 amide bonds. The Morgan fingerprint density at radius 2 is 2.09 bits per heavy atom. The molecule has 0 aliphatic heterocycles. The molecule has 3 rings (SSSR count). The second kappa shape index (κ2) is 7.39. The second-order valence-corrected chi connectivity index (χ2v) is 6.69. The lowest BCUT2D eigenvalue weighted by Gasteiger charge is -2.08. The number of methoxy groups -OCH3 is 1. The number of thiophene rings is 1. The smallest absolute Gasteiger partial charge is 0.224 e. The van der Waals surface area contributed by atoms with Gasteiger partial charge in [0.25, 0.3) is 0 Å². The molecule has 0 spiro atoms. The van der Waals surface area contributed by atoms with Crippen molar-refractivity contribution in [2.75, 3.05) is 7.11 Å². The minimum atomic E-state index is -0.0415. The molecule has 0 bridgehead atoms. The Morgan fingerprint density at radius 1 is 1.22 bits per heavy atom. The zero-order valence-corrected chi connectivity index (χ0v) is 14.2. The predicted molar refractivity (Wildman–Crippen MR) is 94.0 cm³/mol. The van der Waals surface area contributed by atoms with Gasteiger partial charge in [-0.05, 0) is 17.5 Å². The Balaban J connectivity index is 1.57. The number of carbonyl (C=O) groups excluding carboxylic acids is 1. The first-order valence-electron chi connectivity index (χ1n) is 7.13. The van der Waals surface area contributed by atoms with Crippen LogP contribution in [-0.2, 0) is 17.8 Å². The maximum absolute atomic E-state index is 12.1. The van der Waals surface area contributed by atoms with Gasteiger partial charge in [-0.1, -0.05) is 24.3 Å². The fraction of sp³-hybridized carbons (Fsp3) is 0.176. The summed E-state index contributed by atoms with van der Waals surface area (Å²) in [5, 5.41) is 7.92. The Hall–Kier alpha value is -2.18. The van der Waals surface area contributed by atoms with Crippen LogP contribution < -0.4 is 10.1 Å². The summed E-state index contributed by atoms with van der Waals surface area (Å²) in [7, 11) is 1.61. The summed E-state index contributed by atoms with van der Waals surface area (Å²) >= 11 is 3.26. The number of hydrogen-bond donors (Lipinski definition) is 1. The van der Waals surface area contributed by atoms with Crippen molar-refractivity contribution in [3.05, 3.63) is 58.4 Å². The number of para-hydroxylation sites is 1. The summed E-state index contributed by atoms with van der Waals surface area (Å²) in [5.41, 5.74) is 1.76. The van der Waals surface area contributed by atoms with Gasteiger partial charge < -0.3 is 10.1 Å². The number of nitrogens with zero attached hydrogens (tertiary/aromatic N) is 1. The number of thiazole rings is 1. The summed E-state index contributed by atoms with van der Waals surface area (Å²) in [4.78, 5) is 17.8. The molecule has 0 atom stereocenters. The molecule has 0 unspecified atom stereocenters. The Morgan fingerprint density at radius 3 is 2.87 bits per heavy atom. The van der Waals surface area contributed by atoms with Crippen molar-refractivity contribution in [2.45, 2.75) is 13.0 Å². The third-order valence-corrected chi connectivity index (χ3v) is 5.22. The Bertz CT molecular complexity index is 782. The molecular formula is C17H16N2O2S2. The molecule has 2 heterocycles. The van der Waals surface area contributed by atoms with E-state index in [1.54, 1.807) is 29.8 Å². The molecule has 23 heavy (non-hydrogen) atoms. The van der Waals surface area contributed by atoms with E-state index >= 15 is 0 Å². The van der Waals surface area contributed by atoms with Crippen LogP contribution in [0.3, 0.4) is 0 Å². The topological polar surface area (TPSA) is 51.2 Å². The lowest BCUT2D eigenvalue weighted by atomic mass is 10.1. The molecular weight excluding hydrogens is 328 g/mol. The third-order valence-electron chi connectivity index (χ3n) is 3.29. The highest BCUT2D eigenvalue weighted by Crippen LogP contribution is 2.27. The normalized spacial score (nSPS) is 10.5. The van der Waals surface area contributed by atoms with Crippen LogP contribution in [0.2, 0.25) is 0 Å². The Labute approximate surface area is 142 Å². The lowest BCUT2D eigenvalue weighted by Crippen LogP contribution is -2.24. The number of benzene rings is 1. The lowest BCUT2D eigenvalue weighted by molar-refractivity contribution is -0.120. The molecule has 0 radical (unpaired) electrons. The molecule has 0 aliphatic carbocycles. The van der Waals surface area contributed by atoms with E-state index in [2.05, 4.69) is 10.3 Å². The molecule has 6 heteroatoms. The molecule has 118 valence electrons. The van der Waals surface area contributed by atoms with Gasteiger partial charge in [-0.2, -0.15) is 0 Å². The SMILES string of the molecule is COc1ccccc1CC(=O)NCc1csc(-c2cccs2)n1. The van der Waals surface area contributed by atoms with Gasteiger partial charge in [0, 0.05) is 10.9 Å². The predicted octanol–water partition coefficient (Wildman–Crippen LogP) is 3.74. The van der Waals surface area contributed by atoms with Crippen LogP contribution in [0.1, 0.15) is 11.3 Å². The van der Waals surface area contributed by atoms with Gasteiger partial charge in [-0.3, -0.25) is 4.79 Å². The highest BCUT2D eigenvalue weighted by molar-refractivity contribution is 7.20. The maximum Gasteiger partial charge on any atom is 0.224 e. The maximum atomic E-state index is 12.1. The minimum absolute atomic E-state index is 0.0415. The third kappa shape index (κ3) is 3.97. The Kier molecular flexibility index (Phi) is 5.05. The zero-order chi connectivity index (χ0) is 16.1. The molecule has 3 aromatic rings. The largest absolute Gasteiger partial charge is 0.496 e. The summed E-state index contributed by atoms with van der Waals surface area (Å²) in [6.45, 7) is 0.440. The van der Waals surface area contributed by atoms with Gasteiger partial charge in [0.2, 0.25) is 5.91 Å². The highest BCUT2D eigenvalue weighted by atomic mass is 32.1. The van der Waals surface area contributed by atoms with E-state index in [0.29, 0.717) is 13.0 Å². The van der Waals surface area contributed by atoms with E-state index in [0.717, 1.165) is 26.9 Å². The van der Waals surface area contributed by atoms with E-state index in [1.807, 2.05) is 47.2 Å². The fourth-order valence-corrected chi connectivity index (χ4v) is 3.81. The van der Waals surface area contributed by atoms with Gasteiger partial charge in [0.05, 0.1) is 30.6 Å². The molecule has 0 saturated carbocycles. The van der Waals surface area contributed by atoms with E-state index in [1.165, 1.54) is 0 Å². The highest BCUT2D eigenvalue weighted by Gasteiger charge is 2.10. The summed E-state index contributed by atoms with van der Waals surface area (Å²) in [5.74, 6) is 0.691. The average Bonchev–Trinajstić information content (AvgIpc) is 3.24. The molecule has 0 aliphatic rings. The number of ether oxygens (including phenoxy) is 1. The van der Waals surface area contributed by atoms with Gasteiger partial charge in [-0.15, -0.1) is 22.7 Å². The molecule has 1 N–H and O–H groups in total. The second-order valence-electron chi connectivity index (χ2n) is 4.89. The average molecular weight is 344 g/mol. The molecule has 4 nitrogen and oxygen atoms in total. The fourth-order valence-electron chi connectivity index (χ4n) is 2.18. The summed E-state index contributed by atoms with van der Waals surface area (Å²) in [6.07, 6.45) is 0.298. The molecule has 0 saturated heterocycles. The number of carbonyl (C=O) groups is 1. The quantitative estimate of drug-likeness (QED) is 0.741. The minimum Gasteiger partial charge on any atom is -0.496 e. The van der Waals surface area contributed by atoms with Crippen molar-refractivity contribution >= 4 is 28.6 Å². The van der Waals surface area contributed by atoms with Crippen molar-refractivity contribution < 1.29 is 9.53 Å². The van der Waals surface area contributed by atoms with E-state index in [9.17, 15) is 4.79 Å². The zero-order valence-electron chi connectivity index (χ0n) is 12.6. The van der Waals surface area contributed by atoms with Crippen molar-refractivity contribution in [1.29, 1.82) is 0 Å². The summed E-state index contributed by atoms with van der Waals surface area (Å²) < 4.78 is 5.26. The van der Waals surface area contributed by atoms with Crippen LogP contribution >= 0.6 is 22.7 Å². The van der Waals surface area contributed by atoms with Gasteiger partial charge in [0.1, 0.15) is 10.8 Å². The first-order chi connectivity index (χ1) is 11.3. The van der Waals surface area contributed by atoms with Gasteiger partial charge in [-0.25, -0.2) is 4.98 Å². The van der Waals surface area contributed by atoms with Crippen molar-refractivity contribution in [1.82, 2.24) is 10.3 Å². The van der Waals surface area contributed by atoms with Crippen molar-refractivity contribution in [2.24, 2.45) is 0 Å². The van der Waals surface area contributed by atoms with Gasteiger partial charge in [0.15, 0.2) is 0 Å². The van der Waals surface area contributed by atoms with Crippen molar-refractivity contribution in [3.63, 3.8) is 0 Å². The summed E-state index contributed by atoms with van der Waals surface area (Å²) in [6, 6.07) is 11.6. The number of nitrogens with one attached hydrogen (secondary N) is 1. The van der Waals surface area contributed by atoms with Crippen LogP contribution in [0.4, 0.5) is 0 Å². The molecule has 2 aromatic heterocycles. The van der Waals surface area contributed by atoms with Crippen LogP contribution in [-0.4, -0.2) is 18.0 Å². The number of rotatable bonds is 6. The number of hydrogen-bond acceptors (Lipinski definition) is 5. The van der Waals surface area contributed by atoms with Crippen LogP contribution in [0, 0.1) is 0 Å². The first kappa shape index (κ1) is 15.7. The van der Waals surface area contributed by atoms with Crippen LogP contribution in [0.5, 0.6) is 5.75 Å². The molecule has 0 fully saturated rings. The van der Waals surface area contributed by atoms with E-state index in [4.69, 9.17) is 4.74 Å². The van der Waals surface area contributed by atoms with Crippen LogP contribution in [0.25, 0.3) is 9.88 Å². The number of amides is 1. The van der Waals surface area contributed by atoms with E-state index in [-0.39, 0.29) is 5.91 Å². The first-order valence-corrected chi connectivity index (χ1v) is 8.89. The van der Waals surface area contributed by atoms with E-state index < -0.39 is 0 Å². The van der Waals surface area contributed by atoms with Gasteiger partial charge >= 0.3 is 0 Å². The number of aromatic nitrogens is 1. The monoisotopic (exact) mass is 344 g/mol. The standard InChI is InChI=1S/C17H16N2O2S2/c1-21-14-6-3-2-5-12(14)9-16(20)18-10-13-11-23-17(19-13)15-7-4-8-22-15/h2-8,11H,9-10H2,1H3,(H,18,20).